The maximum Gasteiger partial charge on any atom is 0.338 e. The molecule has 1 aliphatic heterocycles. The molecule has 0 radical (unpaired) electrons. The third kappa shape index (κ3) is 5.16. The number of fused-ring (bicyclic) bond motifs is 2. The third-order valence-corrected chi connectivity index (χ3v) is 14.4. The molecule has 14 nitrogen and oxygen atoms in total. The van der Waals surface area contributed by atoms with Crippen LogP contribution in [-0.2, 0) is 38.0 Å². The van der Waals surface area contributed by atoms with Gasteiger partial charge in [0.1, 0.15) is 23.9 Å². The molecule has 14 heteroatoms. The lowest BCUT2D eigenvalue weighted by Crippen LogP contribution is -2.81. The largest absolute Gasteiger partial charge is 0.481 e. The molecule has 6 fully saturated rings. The summed E-state index contributed by atoms with van der Waals surface area (Å²) in [4.78, 5) is 41.6. The highest BCUT2D eigenvalue weighted by atomic mass is 16.6. The second-order valence-electron chi connectivity index (χ2n) is 16.3. The lowest BCUT2D eigenvalue weighted by molar-refractivity contribution is -0.323. The number of aliphatic carboxylic acids is 1. The molecule has 1 heterocycles. The Kier molecular flexibility index (Phi) is 10.3. The van der Waals surface area contributed by atoms with Crippen LogP contribution in [0.25, 0.3) is 0 Å². The number of esters is 2. The first-order valence-electron chi connectivity index (χ1n) is 19.0. The zero-order chi connectivity index (χ0) is 38.1. The third-order valence-electron chi connectivity index (χ3n) is 14.4. The molecule has 0 aromatic heterocycles. The van der Waals surface area contributed by atoms with Crippen molar-refractivity contribution in [3.63, 3.8) is 0 Å². The minimum atomic E-state index is -1.90. The second kappa shape index (κ2) is 14.1. The summed E-state index contributed by atoms with van der Waals surface area (Å²) in [6.45, 7) is 3.23. The molecule has 7 bridgehead atoms. The van der Waals surface area contributed by atoms with Crippen LogP contribution in [0.3, 0.4) is 0 Å². The molecule has 7 rings (SSSR count). The average molecular weight is 746 g/mol. The molecule has 294 valence electrons. The molecule has 1 unspecified atom stereocenters. The van der Waals surface area contributed by atoms with Gasteiger partial charge in [0.2, 0.25) is 0 Å². The van der Waals surface area contributed by atoms with E-state index in [-0.39, 0.29) is 37.9 Å². The Balaban J connectivity index is 1.44. The molecule has 4 N–H and O–H groups in total. The number of unbranched alkanes of at least 4 members (excludes halogenated alkanes) is 2. The summed E-state index contributed by atoms with van der Waals surface area (Å²) in [5, 5.41) is 47.0. The van der Waals surface area contributed by atoms with Gasteiger partial charge in [-0.25, -0.2) is 4.79 Å². The fourth-order valence-corrected chi connectivity index (χ4v) is 13.0. The summed E-state index contributed by atoms with van der Waals surface area (Å²) < 4.78 is 38.0. The lowest BCUT2D eigenvalue weighted by Gasteiger charge is -2.70. The lowest BCUT2D eigenvalue weighted by atomic mass is 9.42. The van der Waals surface area contributed by atoms with E-state index in [1.54, 1.807) is 51.7 Å². The first-order chi connectivity index (χ1) is 25.4. The Morgan fingerprint density at radius 1 is 0.925 bits per heavy atom. The highest BCUT2D eigenvalue weighted by Crippen LogP contribution is 2.80. The molecule has 6 aliphatic rings. The zero-order valence-corrected chi connectivity index (χ0v) is 31.2. The van der Waals surface area contributed by atoms with E-state index in [4.69, 9.17) is 33.5 Å². The number of benzene rings is 1. The standard InChI is InChI=1S/C39H55NO13/c1-6-40-19-36(20-48-2)23(41)17-24(49-3)38-22-18-37(47)33(52-35(46)21-13-9-7-10-14-21)27(22)39(32(45)34(37)51-5,28(31(38)40)29(50-4)30(36)38)53-26(44)16-12-8-11-15-25(42)43/h7,9-10,13-14,22-24,27-34,41,45,47H,6,8,11-12,15-20H2,1-5H3,(H,42,43)/t22-,23-,24+,27-,28+,29+,30-,31?,32+,33-,34+,36+,37-,38+,39-/m1/s1. The number of hydrogen-bond donors (Lipinski definition) is 4. The van der Waals surface area contributed by atoms with E-state index in [1.807, 2.05) is 6.92 Å². The van der Waals surface area contributed by atoms with Crippen molar-refractivity contribution in [1.82, 2.24) is 4.90 Å². The van der Waals surface area contributed by atoms with Crippen LogP contribution in [0, 0.1) is 34.5 Å². The summed E-state index contributed by atoms with van der Waals surface area (Å²) >= 11 is 0. The van der Waals surface area contributed by atoms with Crippen molar-refractivity contribution in [3.05, 3.63) is 35.9 Å². The van der Waals surface area contributed by atoms with E-state index in [2.05, 4.69) is 4.90 Å². The van der Waals surface area contributed by atoms with Gasteiger partial charge in [-0.3, -0.25) is 14.5 Å². The maximum atomic E-state index is 14.2. The van der Waals surface area contributed by atoms with Crippen LogP contribution in [0.1, 0.15) is 62.2 Å². The fraction of sp³-hybridized carbons (Fsp3) is 0.769. The number of carbonyl (C=O) groups excluding carboxylic acids is 2. The van der Waals surface area contributed by atoms with E-state index < -0.39 is 106 Å². The van der Waals surface area contributed by atoms with Crippen molar-refractivity contribution >= 4 is 17.9 Å². The molecular weight excluding hydrogens is 690 g/mol. The number of likely N-dealkylation sites (tertiary alicyclic amines) is 1. The number of rotatable bonds is 15. The van der Waals surface area contributed by atoms with Crippen LogP contribution in [0.4, 0.5) is 0 Å². The van der Waals surface area contributed by atoms with E-state index in [9.17, 15) is 29.7 Å². The predicted octanol–water partition coefficient (Wildman–Crippen LogP) is 1.66. The summed E-state index contributed by atoms with van der Waals surface area (Å²) in [5.74, 6) is -4.88. The number of hydrogen-bond acceptors (Lipinski definition) is 13. The molecule has 0 amide bonds. The Bertz CT molecular complexity index is 1550. The van der Waals surface area contributed by atoms with Crippen LogP contribution in [0.5, 0.6) is 0 Å². The Hall–Kier alpha value is -2.69. The summed E-state index contributed by atoms with van der Waals surface area (Å²) in [6.07, 6.45) is -4.80. The van der Waals surface area contributed by atoms with E-state index in [0.717, 1.165) is 0 Å². The highest BCUT2D eigenvalue weighted by molar-refractivity contribution is 5.89. The number of nitrogens with zero attached hydrogens (tertiary/aromatic N) is 1. The van der Waals surface area contributed by atoms with Gasteiger partial charge in [-0.1, -0.05) is 31.5 Å². The van der Waals surface area contributed by atoms with Gasteiger partial charge in [-0.15, -0.1) is 0 Å². The second-order valence-corrected chi connectivity index (χ2v) is 16.3. The number of carboxylic acids is 1. The van der Waals surface area contributed by atoms with Crippen molar-refractivity contribution in [2.24, 2.45) is 34.5 Å². The first-order valence-corrected chi connectivity index (χ1v) is 19.0. The number of carbonyl (C=O) groups is 3. The fourth-order valence-electron chi connectivity index (χ4n) is 13.0. The SMILES string of the molecule is CCN1C[C@]2(COC)[C@H](O)C[C@H](OC)[C@]34C1[C@H]([C@H](OC)[C@H]23)[C@]1(OC(=O)CCCCCC(=O)O)[C@H]2[C@@H](OC(=O)c3ccccc3)[C@](O)(C[C@H]24)[C@@H](OC)[C@@H]1O. The van der Waals surface area contributed by atoms with Gasteiger partial charge in [0.15, 0.2) is 5.60 Å². The van der Waals surface area contributed by atoms with Crippen LogP contribution in [-0.4, -0.2) is 145 Å². The normalized spacial score (nSPS) is 44.8. The monoisotopic (exact) mass is 745 g/mol. The predicted molar refractivity (Wildman–Crippen MR) is 186 cm³/mol. The molecule has 1 saturated heterocycles. The molecule has 1 aromatic rings. The Morgan fingerprint density at radius 2 is 1.64 bits per heavy atom. The van der Waals surface area contributed by atoms with E-state index in [0.29, 0.717) is 32.4 Å². The molecule has 15 atom stereocenters. The van der Waals surface area contributed by atoms with E-state index >= 15 is 0 Å². The van der Waals surface area contributed by atoms with Gasteiger partial charge >= 0.3 is 17.9 Å². The molecule has 5 saturated carbocycles. The smallest absolute Gasteiger partial charge is 0.338 e. The number of aliphatic hydroxyl groups excluding tert-OH is 2. The number of piperidine rings is 1. The average Bonchev–Trinajstić information content (AvgIpc) is 3.51. The number of carboxylic acid groups (broad SMARTS) is 1. The molecule has 5 aliphatic carbocycles. The van der Waals surface area contributed by atoms with Crippen molar-refractivity contribution in [1.29, 1.82) is 0 Å². The summed E-state index contributed by atoms with van der Waals surface area (Å²) in [5.41, 5.74) is -5.11. The van der Waals surface area contributed by atoms with Crippen LogP contribution >= 0.6 is 0 Å². The van der Waals surface area contributed by atoms with Gasteiger partial charge in [0.05, 0.1) is 30.5 Å². The number of methoxy groups -OCH3 is 4. The van der Waals surface area contributed by atoms with Crippen LogP contribution < -0.4 is 0 Å². The van der Waals surface area contributed by atoms with Gasteiger partial charge in [0.25, 0.3) is 0 Å². The molecule has 1 spiro atoms. The van der Waals surface area contributed by atoms with Gasteiger partial charge in [-0.2, -0.15) is 0 Å². The highest BCUT2D eigenvalue weighted by Gasteiger charge is 2.92. The van der Waals surface area contributed by atoms with E-state index in [1.165, 1.54) is 7.11 Å². The van der Waals surface area contributed by atoms with Gasteiger partial charge in [-0.05, 0) is 43.9 Å². The quantitative estimate of drug-likeness (QED) is 0.150. The van der Waals surface area contributed by atoms with Crippen molar-refractivity contribution in [2.75, 3.05) is 48.1 Å². The molecular formula is C39H55NO13. The summed E-state index contributed by atoms with van der Waals surface area (Å²) in [6, 6.07) is 8.04. The van der Waals surface area contributed by atoms with Gasteiger partial charge < -0.3 is 48.8 Å². The van der Waals surface area contributed by atoms with Crippen molar-refractivity contribution in [2.45, 2.75) is 106 Å². The Labute approximate surface area is 310 Å². The zero-order valence-electron chi connectivity index (χ0n) is 31.2. The van der Waals surface area contributed by atoms with Crippen LogP contribution in [0.15, 0.2) is 30.3 Å². The number of ether oxygens (including phenoxy) is 6. The Morgan fingerprint density at radius 3 is 2.26 bits per heavy atom. The van der Waals surface area contributed by atoms with Crippen molar-refractivity contribution < 1.29 is 63.2 Å². The summed E-state index contributed by atoms with van der Waals surface area (Å²) in [7, 11) is 6.20. The topological polar surface area (TPSA) is 191 Å². The minimum absolute atomic E-state index is 0.0185. The first kappa shape index (κ1) is 38.6. The van der Waals surface area contributed by atoms with Gasteiger partial charge in [0, 0.05) is 88.9 Å². The maximum absolute atomic E-state index is 14.2. The molecule has 53 heavy (non-hydrogen) atoms. The van der Waals surface area contributed by atoms with Crippen molar-refractivity contribution in [3.8, 4) is 0 Å². The molecule has 1 aromatic carbocycles. The number of aliphatic hydroxyl groups is 3. The minimum Gasteiger partial charge on any atom is -0.481 e. The van der Waals surface area contributed by atoms with Crippen LogP contribution in [0.2, 0.25) is 0 Å².